The average molecular weight is 997 g/mol. The van der Waals surface area contributed by atoms with Crippen LogP contribution >= 0.6 is 0 Å². The van der Waals surface area contributed by atoms with Crippen LogP contribution in [-0.2, 0) is 19.4 Å². The molecule has 0 amide bonds. The van der Waals surface area contributed by atoms with Gasteiger partial charge in [-0.2, -0.15) is 0 Å². The maximum absolute atomic E-state index is 6.79. The predicted molar refractivity (Wildman–Crippen MR) is 251 cm³/mol. The minimum Gasteiger partial charge on any atom is -0.244 e. The molecule has 0 N–H and O–H groups in total. The standard InChI is InChI=1S/C54H39N7O.Pt/c1-58(2)51-31-53(57-34-47(51)39-32-55-35-56-33-39)61-48-24-10-9-21-45(48)46-28-27-42(30-52(46)61)62-41-20-13-19-40(29-41)59-36-60(50-26-12-11-25-49(50)59)54-43(37-15-5-3-6-16-37)22-14-23-44(54)38-17-7-4-8-18-38;/h3-35H,1-2H3;. The number of hydrogen-bond donors (Lipinski definition) is 0. The predicted octanol–water partition coefficient (Wildman–Crippen LogP) is 12.6. The molecule has 0 saturated carbocycles. The molecule has 0 saturated heterocycles. The number of para-hydroxylation sites is 4. The zero-order valence-corrected chi connectivity index (χ0v) is 36.7. The van der Waals surface area contributed by atoms with Gasteiger partial charge in [0.15, 0.2) is 0 Å². The summed E-state index contributed by atoms with van der Waals surface area (Å²) in [7, 11) is 4.09. The first-order valence-electron chi connectivity index (χ1n) is 20.7. The van der Waals surface area contributed by atoms with Crippen LogP contribution in [0.4, 0.5) is 5.69 Å². The van der Waals surface area contributed by atoms with Crippen molar-refractivity contribution in [2.45, 2.75) is 0 Å². The molecule has 7 aromatic carbocycles. The van der Waals surface area contributed by atoms with Gasteiger partial charge in [0.05, 0.1) is 0 Å². The summed E-state index contributed by atoms with van der Waals surface area (Å²) in [5.74, 6) is 2.25. The Morgan fingerprint density at radius 1 is 0.476 bits per heavy atom. The molecule has 0 spiro atoms. The van der Waals surface area contributed by atoms with Gasteiger partial charge in [0.25, 0.3) is 0 Å². The van der Waals surface area contributed by atoms with Crippen LogP contribution in [0.1, 0.15) is 0 Å². The van der Waals surface area contributed by atoms with E-state index in [-0.39, 0.29) is 0 Å². The Labute approximate surface area is 375 Å². The molecule has 11 rings (SSSR count). The smallest absolute Gasteiger partial charge is 0.244 e. The van der Waals surface area contributed by atoms with Crippen molar-refractivity contribution in [3.05, 3.63) is 205 Å². The molecule has 0 radical (unpaired) electrons. The molecule has 4 heterocycles. The van der Waals surface area contributed by atoms with Crippen molar-refractivity contribution in [1.29, 1.82) is 0 Å². The summed E-state index contributed by atoms with van der Waals surface area (Å²) in [5.41, 5.74) is 13.9. The summed E-state index contributed by atoms with van der Waals surface area (Å²) in [6.07, 6.45) is 7.09. The summed E-state index contributed by atoms with van der Waals surface area (Å²) in [6, 6.07) is 61.8. The van der Waals surface area contributed by atoms with Gasteiger partial charge in [-0.15, -0.1) is 0 Å². The van der Waals surface area contributed by atoms with E-state index in [0.717, 1.165) is 104 Å². The zero-order chi connectivity index (χ0) is 42.4. The first kappa shape index (κ1) is 38.3. The molecule has 306 valence electrons. The number of rotatable bonds is 9. The fourth-order valence-corrected chi connectivity index (χ4v) is 9.82. The molecule has 63 heavy (non-hydrogen) atoms. The molecule has 11 aromatic rings. The number of benzene rings is 7. The van der Waals surface area contributed by atoms with Crippen molar-refractivity contribution in [2.75, 3.05) is 19.0 Å². The fourth-order valence-electron chi connectivity index (χ4n) is 8.73. The van der Waals surface area contributed by atoms with Crippen LogP contribution in [0, 0.1) is 3.80 Å². The van der Waals surface area contributed by atoms with Crippen molar-refractivity contribution in [3.63, 3.8) is 0 Å². The van der Waals surface area contributed by atoms with Gasteiger partial charge >= 0.3 is 294 Å². The van der Waals surface area contributed by atoms with Crippen LogP contribution < -0.4 is 9.64 Å². The Morgan fingerprint density at radius 3 is 1.78 bits per heavy atom. The maximum atomic E-state index is 6.79. The van der Waals surface area contributed by atoms with Gasteiger partial charge in [-0.3, -0.25) is 0 Å². The van der Waals surface area contributed by atoms with E-state index in [4.69, 9.17) is 9.72 Å². The van der Waals surface area contributed by atoms with Crippen LogP contribution in [-0.4, -0.2) is 42.7 Å². The molecule has 0 bridgehead atoms. The third-order valence-corrected chi connectivity index (χ3v) is 12.6. The van der Waals surface area contributed by atoms with Crippen LogP contribution in [0.3, 0.4) is 0 Å². The number of nitrogens with zero attached hydrogens (tertiary/aromatic N) is 7. The molecule has 0 atom stereocenters. The second kappa shape index (κ2) is 16.0. The first-order valence-corrected chi connectivity index (χ1v) is 21.8. The van der Waals surface area contributed by atoms with Gasteiger partial charge in [0, 0.05) is 49.5 Å². The molecule has 0 aliphatic carbocycles. The van der Waals surface area contributed by atoms with Gasteiger partial charge in [-0.1, -0.05) is 12.1 Å². The number of imidazole rings is 1. The minimum atomic E-state index is 0.723. The Balaban J connectivity index is 1.03. The zero-order valence-electron chi connectivity index (χ0n) is 34.4. The van der Waals surface area contributed by atoms with E-state index in [2.05, 4.69) is 218 Å². The number of anilines is 1. The van der Waals surface area contributed by atoms with Crippen LogP contribution in [0.2, 0.25) is 0 Å². The summed E-state index contributed by atoms with van der Waals surface area (Å²) in [5, 5.41) is 2.26. The van der Waals surface area contributed by atoms with Gasteiger partial charge in [-0.25, -0.2) is 9.97 Å². The number of hydrogen-bond acceptors (Lipinski definition) is 5. The summed E-state index contributed by atoms with van der Waals surface area (Å²) < 4.78 is 14.8. The molecular weight excluding hydrogens is 958 g/mol. The number of aromatic nitrogens is 6. The van der Waals surface area contributed by atoms with E-state index in [9.17, 15) is 0 Å². The van der Waals surface area contributed by atoms with Gasteiger partial charge < -0.3 is 4.90 Å². The summed E-state index contributed by atoms with van der Waals surface area (Å²) in [4.78, 5) is 15.7. The second-order valence-electron chi connectivity index (χ2n) is 15.5. The number of fused-ring (bicyclic) bond motifs is 4. The average Bonchev–Trinajstić information content (AvgIpc) is 3.82. The van der Waals surface area contributed by atoms with Crippen LogP contribution in [0.5, 0.6) is 11.5 Å². The molecule has 9 heteroatoms. The van der Waals surface area contributed by atoms with E-state index in [0.29, 0.717) is 0 Å². The van der Waals surface area contributed by atoms with E-state index in [1.54, 1.807) is 6.33 Å². The van der Waals surface area contributed by atoms with Crippen molar-refractivity contribution < 1.29 is 24.1 Å². The van der Waals surface area contributed by atoms with Crippen molar-refractivity contribution >= 4 is 38.5 Å². The molecule has 0 unspecified atom stereocenters. The van der Waals surface area contributed by atoms with Crippen molar-refractivity contribution in [2.24, 2.45) is 0 Å². The SMILES string of the molecule is CN(C)c1cc(-n2c3ccccc3c3ccc(Oc4cccc(-n5[c](=[Pt])n(-c6c(-c7ccccc7)cccc6-c6ccccc6)c6ccccc65)c4)cc32)ncc1-c1cncnc1. The Hall–Kier alpha value is -7.67. The molecule has 4 aromatic heterocycles. The monoisotopic (exact) mass is 996 g/mol. The summed E-state index contributed by atoms with van der Waals surface area (Å²) >= 11 is 2.49. The van der Waals surface area contributed by atoms with E-state index < -0.39 is 0 Å². The van der Waals surface area contributed by atoms with Gasteiger partial charge in [0.2, 0.25) is 0 Å². The molecule has 0 aliphatic rings. The second-order valence-corrected chi connectivity index (χ2v) is 16.6. The third-order valence-electron chi connectivity index (χ3n) is 11.5. The molecule has 8 nitrogen and oxygen atoms in total. The van der Waals surface area contributed by atoms with Crippen LogP contribution in [0.25, 0.3) is 83.4 Å². The Morgan fingerprint density at radius 2 is 1.08 bits per heavy atom. The van der Waals surface area contributed by atoms with E-state index in [1.807, 2.05) is 38.8 Å². The first-order chi connectivity index (χ1) is 31.0. The number of pyridine rings is 1. The Bertz CT molecular complexity index is 3480. The van der Waals surface area contributed by atoms with Gasteiger partial charge in [-0.05, 0) is 0 Å². The Kier molecular flexibility index (Phi) is 9.71. The molecular formula is C54H39N7OPt. The normalized spacial score (nSPS) is 11.4. The quantitative estimate of drug-likeness (QED) is 0.144. The molecule has 0 aliphatic heterocycles. The fraction of sp³-hybridized carbons (Fsp3) is 0.0370. The number of ether oxygens (including phenoxy) is 1. The van der Waals surface area contributed by atoms with Crippen molar-refractivity contribution in [3.8, 4) is 62.1 Å². The van der Waals surface area contributed by atoms with Crippen LogP contribution in [0.15, 0.2) is 201 Å². The van der Waals surface area contributed by atoms with E-state index in [1.165, 1.54) is 0 Å². The summed E-state index contributed by atoms with van der Waals surface area (Å²) in [6.45, 7) is 0. The van der Waals surface area contributed by atoms with Gasteiger partial charge in [0.1, 0.15) is 6.33 Å². The third kappa shape index (κ3) is 6.76. The minimum absolute atomic E-state index is 0.723. The topological polar surface area (TPSA) is 65.9 Å². The van der Waals surface area contributed by atoms with Crippen molar-refractivity contribution in [1.82, 2.24) is 28.7 Å². The van der Waals surface area contributed by atoms with E-state index >= 15 is 0 Å². The molecule has 0 fully saturated rings.